The van der Waals surface area contributed by atoms with Crippen LogP contribution in [0.4, 0.5) is 0 Å². The van der Waals surface area contributed by atoms with Crippen LogP contribution in [0.15, 0.2) is 0 Å². The first-order valence-corrected chi connectivity index (χ1v) is 5.83. The van der Waals surface area contributed by atoms with Crippen molar-refractivity contribution in [3.05, 3.63) is 0 Å². The van der Waals surface area contributed by atoms with E-state index in [2.05, 4.69) is 5.32 Å². The second-order valence-corrected chi connectivity index (χ2v) is 4.47. The van der Waals surface area contributed by atoms with Crippen LogP contribution in [-0.4, -0.2) is 36.0 Å². The largest absolute Gasteiger partial charge is 0.341 e. The zero-order chi connectivity index (χ0) is 9.97. The van der Waals surface area contributed by atoms with Crippen molar-refractivity contribution in [2.24, 2.45) is 0 Å². The lowest BCUT2D eigenvalue weighted by molar-refractivity contribution is -0.131. The number of hydrogen-bond acceptors (Lipinski definition) is 2. The molecular formula is C11H20N2O. The fraction of sp³-hybridized carbons (Fsp3) is 0.909. The minimum atomic E-state index is 0.319. The molecule has 0 aromatic carbocycles. The van der Waals surface area contributed by atoms with E-state index in [0.29, 0.717) is 24.4 Å². The van der Waals surface area contributed by atoms with Gasteiger partial charge in [-0.05, 0) is 19.3 Å². The zero-order valence-electron chi connectivity index (χ0n) is 8.96. The molecule has 2 fully saturated rings. The Balaban J connectivity index is 1.98. The van der Waals surface area contributed by atoms with Crippen molar-refractivity contribution in [3.8, 4) is 0 Å². The van der Waals surface area contributed by atoms with Gasteiger partial charge in [0.25, 0.3) is 0 Å². The quantitative estimate of drug-likeness (QED) is 0.682. The second kappa shape index (κ2) is 4.30. The smallest absolute Gasteiger partial charge is 0.222 e. The van der Waals surface area contributed by atoms with Gasteiger partial charge in [0, 0.05) is 31.6 Å². The molecule has 2 rings (SSSR count). The van der Waals surface area contributed by atoms with Gasteiger partial charge < -0.3 is 10.2 Å². The number of amides is 1. The summed E-state index contributed by atoms with van der Waals surface area (Å²) in [4.78, 5) is 13.7. The number of fused-ring (bicyclic) bond motifs is 2. The first-order chi connectivity index (χ1) is 6.79. The summed E-state index contributed by atoms with van der Waals surface area (Å²) in [6, 6.07) is 1.23. The maximum Gasteiger partial charge on any atom is 0.222 e. The van der Waals surface area contributed by atoms with Crippen LogP contribution in [0.3, 0.4) is 0 Å². The SMILES string of the molecule is CCC(=O)N1CCC2CCCC(C1)N2. The van der Waals surface area contributed by atoms with E-state index < -0.39 is 0 Å². The van der Waals surface area contributed by atoms with Crippen LogP contribution in [-0.2, 0) is 4.79 Å². The summed E-state index contributed by atoms with van der Waals surface area (Å²) < 4.78 is 0. The first kappa shape index (κ1) is 9.97. The predicted octanol–water partition coefficient (Wildman–Crippen LogP) is 1.14. The highest BCUT2D eigenvalue weighted by Crippen LogP contribution is 2.20. The number of carbonyl (C=O) groups excluding carboxylic acids is 1. The normalized spacial score (nSPS) is 32.5. The van der Waals surface area contributed by atoms with E-state index in [4.69, 9.17) is 0 Å². The van der Waals surface area contributed by atoms with Crippen molar-refractivity contribution in [1.82, 2.24) is 10.2 Å². The summed E-state index contributed by atoms with van der Waals surface area (Å²) in [6.07, 6.45) is 5.66. The average Bonchev–Trinajstić information content (AvgIpc) is 2.36. The lowest BCUT2D eigenvalue weighted by atomic mass is 9.98. The molecule has 0 aromatic rings. The van der Waals surface area contributed by atoms with Gasteiger partial charge in [0.15, 0.2) is 0 Å². The molecule has 1 N–H and O–H groups in total. The molecule has 2 aliphatic rings. The maximum atomic E-state index is 11.6. The Morgan fingerprint density at radius 3 is 2.93 bits per heavy atom. The first-order valence-electron chi connectivity index (χ1n) is 5.83. The fourth-order valence-electron chi connectivity index (χ4n) is 2.60. The van der Waals surface area contributed by atoms with Gasteiger partial charge in [-0.15, -0.1) is 0 Å². The molecule has 1 amide bonds. The van der Waals surface area contributed by atoms with Crippen molar-refractivity contribution in [2.45, 2.75) is 51.1 Å². The van der Waals surface area contributed by atoms with Gasteiger partial charge in [-0.2, -0.15) is 0 Å². The van der Waals surface area contributed by atoms with Crippen LogP contribution in [0.25, 0.3) is 0 Å². The van der Waals surface area contributed by atoms with E-state index >= 15 is 0 Å². The standard InChI is InChI=1S/C11H20N2O/c1-2-11(14)13-7-6-9-4-3-5-10(8-13)12-9/h9-10,12H,2-8H2,1H3. The van der Waals surface area contributed by atoms with Crippen LogP contribution in [0, 0.1) is 0 Å². The number of rotatable bonds is 1. The Kier molecular flexibility index (Phi) is 3.06. The van der Waals surface area contributed by atoms with E-state index in [1.807, 2.05) is 11.8 Å². The number of nitrogens with one attached hydrogen (secondary N) is 1. The van der Waals surface area contributed by atoms with Crippen molar-refractivity contribution in [1.29, 1.82) is 0 Å². The van der Waals surface area contributed by atoms with Crippen molar-refractivity contribution in [3.63, 3.8) is 0 Å². The van der Waals surface area contributed by atoms with E-state index in [9.17, 15) is 4.79 Å². The van der Waals surface area contributed by atoms with Gasteiger partial charge in [0.2, 0.25) is 5.91 Å². The molecule has 0 aliphatic carbocycles. The Labute approximate surface area is 85.8 Å². The number of piperidine rings is 1. The molecule has 0 radical (unpaired) electrons. The van der Waals surface area contributed by atoms with Crippen LogP contribution in [0.1, 0.15) is 39.0 Å². The summed E-state index contributed by atoms with van der Waals surface area (Å²) in [5, 5.41) is 3.63. The molecule has 2 atom stereocenters. The molecule has 14 heavy (non-hydrogen) atoms. The molecule has 2 saturated heterocycles. The summed E-state index contributed by atoms with van der Waals surface area (Å²) in [6.45, 7) is 3.84. The minimum Gasteiger partial charge on any atom is -0.341 e. The van der Waals surface area contributed by atoms with E-state index in [1.165, 1.54) is 19.3 Å². The highest BCUT2D eigenvalue weighted by Gasteiger charge is 2.28. The molecule has 2 bridgehead atoms. The van der Waals surface area contributed by atoms with Crippen molar-refractivity contribution >= 4 is 5.91 Å². The zero-order valence-corrected chi connectivity index (χ0v) is 8.96. The Morgan fingerprint density at radius 1 is 1.36 bits per heavy atom. The van der Waals surface area contributed by atoms with Gasteiger partial charge in [-0.1, -0.05) is 13.3 Å². The molecule has 2 heterocycles. The molecule has 2 unspecified atom stereocenters. The monoisotopic (exact) mass is 196 g/mol. The number of hydrogen-bond donors (Lipinski definition) is 1. The van der Waals surface area contributed by atoms with Gasteiger partial charge in [0.1, 0.15) is 0 Å². The average molecular weight is 196 g/mol. The second-order valence-electron chi connectivity index (χ2n) is 4.47. The summed E-state index contributed by atoms with van der Waals surface area (Å²) >= 11 is 0. The van der Waals surface area contributed by atoms with Gasteiger partial charge in [0.05, 0.1) is 0 Å². The third-order valence-electron chi connectivity index (χ3n) is 3.42. The number of nitrogens with zero attached hydrogens (tertiary/aromatic N) is 1. The lowest BCUT2D eigenvalue weighted by Crippen LogP contribution is -2.45. The molecule has 0 aromatic heterocycles. The van der Waals surface area contributed by atoms with Gasteiger partial charge >= 0.3 is 0 Å². The molecular weight excluding hydrogens is 176 g/mol. The van der Waals surface area contributed by atoms with E-state index in [0.717, 1.165) is 19.5 Å². The Morgan fingerprint density at radius 2 is 2.14 bits per heavy atom. The minimum absolute atomic E-state index is 0.319. The molecule has 0 spiro atoms. The van der Waals surface area contributed by atoms with Crippen LogP contribution >= 0.6 is 0 Å². The van der Waals surface area contributed by atoms with Gasteiger partial charge in [-0.25, -0.2) is 0 Å². The summed E-state index contributed by atoms with van der Waals surface area (Å²) in [5.41, 5.74) is 0. The number of carbonyl (C=O) groups is 1. The molecule has 2 aliphatic heterocycles. The van der Waals surface area contributed by atoms with Gasteiger partial charge in [-0.3, -0.25) is 4.79 Å². The molecule has 3 nitrogen and oxygen atoms in total. The highest BCUT2D eigenvalue weighted by molar-refractivity contribution is 5.75. The Hall–Kier alpha value is -0.570. The van der Waals surface area contributed by atoms with Crippen molar-refractivity contribution in [2.75, 3.05) is 13.1 Å². The van der Waals surface area contributed by atoms with E-state index in [1.54, 1.807) is 0 Å². The third-order valence-corrected chi connectivity index (χ3v) is 3.42. The lowest BCUT2D eigenvalue weighted by Gasteiger charge is -2.28. The topological polar surface area (TPSA) is 32.3 Å². The third kappa shape index (κ3) is 2.08. The summed E-state index contributed by atoms with van der Waals surface area (Å²) in [5.74, 6) is 0.319. The molecule has 0 saturated carbocycles. The fourth-order valence-corrected chi connectivity index (χ4v) is 2.60. The maximum absolute atomic E-state index is 11.6. The molecule has 80 valence electrons. The van der Waals surface area contributed by atoms with E-state index in [-0.39, 0.29) is 0 Å². The van der Waals surface area contributed by atoms with Crippen LogP contribution in [0.2, 0.25) is 0 Å². The van der Waals surface area contributed by atoms with Crippen molar-refractivity contribution < 1.29 is 4.79 Å². The molecule has 3 heteroatoms. The Bertz CT molecular complexity index is 217. The predicted molar refractivity (Wildman–Crippen MR) is 56.1 cm³/mol. The van der Waals surface area contributed by atoms with Crippen LogP contribution in [0.5, 0.6) is 0 Å². The van der Waals surface area contributed by atoms with Crippen LogP contribution < -0.4 is 5.32 Å². The summed E-state index contributed by atoms with van der Waals surface area (Å²) in [7, 11) is 0. The highest BCUT2D eigenvalue weighted by atomic mass is 16.2.